The van der Waals surface area contributed by atoms with E-state index < -0.39 is 32.5 Å². The number of ether oxygens (including phenoxy) is 2. The maximum absolute atomic E-state index is 12.4. The predicted octanol–water partition coefficient (Wildman–Crippen LogP) is 11.8. The van der Waals surface area contributed by atoms with Gasteiger partial charge in [-0.15, -0.1) is 0 Å². The lowest BCUT2D eigenvalue weighted by Crippen LogP contribution is -2.29. The van der Waals surface area contributed by atoms with Crippen molar-refractivity contribution in [1.29, 1.82) is 0 Å². The first-order chi connectivity index (χ1) is 23.3. The zero-order valence-corrected chi connectivity index (χ0v) is 32.0. The SMILES string of the molecule is CCCCCCCC/C=C/CCCCCCCCCC(=O)O[C@H](COC(=O)CCCCCCCCCCCCCCC)COP(=O)(O)O. The molecule has 2 N–H and O–H groups in total. The van der Waals surface area contributed by atoms with E-state index in [2.05, 4.69) is 30.5 Å². The number of phosphoric ester groups is 1. The van der Waals surface area contributed by atoms with Crippen molar-refractivity contribution in [3.8, 4) is 0 Å². The Bertz CT molecular complexity index is 797. The number of hydrogen-bond acceptors (Lipinski definition) is 6. The minimum atomic E-state index is -4.75. The number of allylic oxidation sites excluding steroid dienone is 2. The second-order valence-electron chi connectivity index (χ2n) is 13.6. The van der Waals surface area contributed by atoms with Crippen LogP contribution in [0.15, 0.2) is 12.2 Å². The van der Waals surface area contributed by atoms with Gasteiger partial charge in [-0.25, -0.2) is 4.57 Å². The Morgan fingerprint density at radius 3 is 1.27 bits per heavy atom. The Labute approximate surface area is 295 Å². The highest BCUT2D eigenvalue weighted by Gasteiger charge is 2.22. The lowest BCUT2D eigenvalue weighted by Gasteiger charge is -2.18. The number of esters is 2. The Kier molecular flexibility index (Phi) is 34.7. The average molecular weight is 703 g/mol. The first kappa shape index (κ1) is 46.8. The van der Waals surface area contributed by atoms with Crippen LogP contribution in [0.2, 0.25) is 0 Å². The van der Waals surface area contributed by atoms with Crippen molar-refractivity contribution in [2.45, 2.75) is 213 Å². The normalized spacial score (nSPS) is 12.5. The highest BCUT2D eigenvalue weighted by molar-refractivity contribution is 7.46. The number of hydrogen-bond donors (Lipinski definition) is 2. The molecule has 0 aliphatic rings. The van der Waals surface area contributed by atoms with Crippen LogP contribution in [-0.4, -0.2) is 41.0 Å². The summed E-state index contributed by atoms with van der Waals surface area (Å²) in [4.78, 5) is 42.7. The molecular formula is C39H75O8P. The van der Waals surface area contributed by atoms with Gasteiger partial charge < -0.3 is 19.3 Å². The lowest BCUT2D eigenvalue weighted by molar-refractivity contribution is -0.161. The molecule has 0 aromatic rings. The summed E-state index contributed by atoms with van der Waals surface area (Å²) in [7, 11) is -4.75. The fourth-order valence-electron chi connectivity index (χ4n) is 5.78. The molecule has 0 aliphatic carbocycles. The Morgan fingerprint density at radius 2 is 0.875 bits per heavy atom. The van der Waals surface area contributed by atoms with Crippen molar-refractivity contribution >= 4 is 19.8 Å². The third-order valence-corrected chi connectivity index (χ3v) is 9.27. The molecule has 1 atom stereocenters. The van der Waals surface area contributed by atoms with E-state index in [0.29, 0.717) is 6.42 Å². The van der Waals surface area contributed by atoms with E-state index in [1.54, 1.807) is 0 Å². The Hall–Kier alpha value is -1.21. The van der Waals surface area contributed by atoms with E-state index in [1.807, 2.05) is 0 Å². The highest BCUT2D eigenvalue weighted by atomic mass is 31.2. The molecule has 284 valence electrons. The van der Waals surface area contributed by atoms with Gasteiger partial charge in [0.25, 0.3) is 0 Å². The monoisotopic (exact) mass is 703 g/mol. The molecule has 0 aliphatic heterocycles. The van der Waals surface area contributed by atoms with Crippen LogP contribution in [-0.2, 0) is 28.2 Å². The lowest BCUT2D eigenvalue weighted by atomic mass is 10.0. The molecular weight excluding hydrogens is 627 g/mol. The summed E-state index contributed by atoms with van der Waals surface area (Å²) in [6.07, 6.45) is 37.8. The summed E-state index contributed by atoms with van der Waals surface area (Å²) in [6.45, 7) is 3.69. The van der Waals surface area contributed by atoms with E-state index in [9.17, 15) is 14.2 Å². The van der Waals surface area contributed by atoms with Crippen LogP contribution < -0.4 is 0 Å². The minimum absolute atomic E-state index is 0.211. The van der Waals surface area contributed by atoms with Crippen molar-refractivity contribution in [1.82, 2.24) is 0 Å². The Morgan fingerprint density at radius 1 is 0.521 bits per heavy atom. The molecule has 8 nitrogen and oxygen atoms in total. The van der Waals surface area contributed by atoms with Crippen molar-refractivity contribution in [3.05, 3.63) is 12.2 Å². The van der Waals surface area contributed by atoms with Gasteiger partial charge in [0, 0.05) is 12.8 Å². The summed E-state index contributed by atoms with van der Waals surface area (Å²) < 4.78 is 26.3. The van der Waals surface area contributed by atoms with E-state index in [0.717, 1.165) is 44.9 Å². The molecule has 0 unspecified atom stereocenters. The standard InChI is InChI=1S/C39H75O8P/c1-3-5-7-9-11-13-15-17-18-19-20-22-24-26-28-30-32-34-39(41)47-37(36-46-48(42,43)44)35-45-38(40)33-31-29-27-25-23-21-16-14-12-10-8-6-4-2/h17-18,37H,3-16,19-36H2,1-2H3,(H2,42,43,44)/b18-17+/t37-/m1/s1. The van der Waals surface area contributed by atoms with Crippen LogP contribution in [0.3, 0.4) is 0 Å². The fraction of sp³-hybridized carbons (Fsp3) is 0.897. The van der Waals surface area contributed by atoms with Gasteiger partial charge in [-0.05, 0) is 38.5 Å². The number of carbonyl (C=O) groups excluding carboxylic acids is 2. The van der Waals surface area contributed by atoms with Gasteiger partial charge in [-0.1, -0.05) is 167 Å². The number of carbonyl (C=O) groups is 2. The minimum Gasteiger partial charge on any atom is -0.462 e. The summed E-state index contributed by atoms with van der Waals surface area (Å²) in [6, 6.07) is 0. The number of unbranched alkanes of at least 4 members (excludes halogenated alkanes) is 25. The van der Waals surface area contributed by atoms with E-state index in [4.69, 9.17) is 19.3 Å². The first-order valence-corrected chi connectivity index (χ1v) is 21.5. The summed E-state index contributed by atoms with van der Waals surface area (Å²) >= 11 is 0. The molecule has 0 saturated heterocycles. The average Bonchev–Trinajstić information content (AvgIpc) is 3.05. The largest absolute Gasteiger partial charge is 0.469 e. The van der Waals surface area contributed by atoms with Gasteiger partial charge in [0.15, 0.2) is 6.10 Å². The molecule has 0 amide bonds. The molecule has 0 fully saturated rings. The van der Waals surface area contributed by atoms with Crippen molar-refractivity contribution < 1.29 is 37.9 Å². The Balaban J connectivity index is 3.91. The predicted molar refractivity (Wildman–Crippen MR) is 198 cm³/mol. The van der Waals surface area contributed by atoms with Gasteiger partial charge in [-0.3, -0.25) is 14.1 Å². The molecule has 0 saturated carbocycles. The molecule has 9 heteroatoms. The van der Waals surface area contributed by atoms with E-state index in [-0.39, 0.29) is 19.4 Å². The molecule has 0 radical (unpaired) electrons. The molecule has 0 spiro atoms. The topological polar surface area (TPSA) is 119 Å². The van der Waals surface area contributed by atoms with Crippen molar-refractivity contribution in [2.75, 3.05) is 13.2 Å². The molecule has 0 heterocycles. The maximum Gasteiger partial charge on any atom is 0.469 e. The summed E-state index contributed by atoms with van der Waals surface area (Å²) in [5.74, 6) is -0.880. The fourth-order valence-corrected chi connectivity index (χ4v) is 6.14. The zero-order chi connectivity index (χ0) is 35.4. The van der Waals surface area contributed by atoms with Crippen LogP contribution >= 0.6 is 7.82 Å². The zero-order valence-electron chi connectivity index (χ0n) is 31.2. The van der Waals surface area contributed by atoms with E-state index >= 15 is 0 Å². The van der Waals surface area contributed by atoms with Crippen molar-refractivity contribution in [2.24, 2.45) is 0 Å². The first-order valence-electron chi connectivity index (χ1n) is 20.0. The summed E-state index contributed by atoms with van der Waals surface area (Å²) in [5, 5.41) is 0. The summed E-state index contributed by atoms with van der Waals surface area (Å²) in [5.41, 5.74) is 0. The molecule has 0 bridgehead atoms. The highest BCUT2D eigenvalue weighted by Crippen LogP contribution is 2.36. The maximum atomic E-state index is 12.4. The van der Waals surface area contributed by atoms with E-state index in [1.165, 1.54) is 128 Å². The van der Waals surface area contributed by atoms with Crippen LogP contribution in [0.4, 0.5) is 0 Å². The van der Waals surface area contributed by atoms with Crippen LogP contribution in [0, 0.1) is 0 Å². The van der Waals surface area contributed by atoms with Crippen LogP contribution in [0.1, 0.15) is 206 Å². The van der Waals surface area contributed by atoms with Gasteiger partial charge in [0.05, 0.1) is 6.61 Å². The number of rotatable bonds is 37. The number of phosphoric acid groups is 1. The molecule has 48 heavy (non-hydrogen) atoms. The van der Waals surface area contributed by atoms with Crippen LogP contribution in [0.25, 0.3) is 0 Å². The molecule has 0 rings (SSSR count). The van der Waals surface area contributed by atoms with Gasteiger partial charge >= 0.3 is 19.8 Å². The smallest absolute Gasteiger partial charge is 0.462 e. The van der Waals surface area contributed by atoms with Gasteiger partial charge in [-0.2, -0.15) is 0 Å². The van der Waals surface area contributed by atoms with Gasteiger partial charge in [0.1, 0.15) is 6.61 Å². The van der Waals surface area contributed by atoms with Crippen molar-refractivity contribution in [3.63, 3.8) is 0 Å². The molecule has 0 aromatic heterocycles. The van der Waals surface area contributed by atoms with Crippen LogP contribution in [0.5, 0.6) is 0 Å². The second kappa shape index (κ2) is 35.6. The third kappa shape index (κ3) is 37.6. The second-order valence-corrected chi connectivity index (χ2v) is 14.9. The third-order valence-electron chi connectivity index (χ3n) is 8.78. The molecule has 0 aromatic carbocycles. The van der Waals surface area contributed by atoms with Gasteiger partial charge in [0.2, 0.25) is 0 Å². The quantitative estimate of drug-likeness (QED) is 0.0284.